The van der Waals surface area contributed by atoms with E-state index in [-0.39, 0.29) is 47.4 Å². The zero-order chi connectivity index (χ0) is 22.3. The van der Waals surface area contributed by atoms with E-state index in [1.54, 1.807) is 6.92 Å². The van der Waals surface area contributed by atoms with Crippen LogP contribution in [0.5, 0.6) is 0 Å². The minimum Gasteiger partial charge on any atom is -0.381 e. The Bertz CT molecular complexity index is 1190. The SMILES string of the molecule is CC1(c2cc(CC(=O)c3ccc(F)cn3)ccc2F)Cn2c(C(F)F)cnc2C(N)=N1. The number of amidine groups is 1. The third-order valence-electron chi connectivity index (χ3n) is 5.16. The van der Waals surface area contributed by atoms with E-state index >= 15 is 0 Å². The normalized spacial score (nSPS) is 18.1. The fourth-order valence-corrected chi connectivity index (χ4v) is 3.65. The Kier molecular flexibility index (Phi) is 5.08. The van der Waals surface area contributed by atoms with Gasteiger partial charge >= 0.3 is 0 Å². The molecule has 0 bridgehead atoms. The Hall–Kier alpha value is -3.56. The van der Waals surface area contributed by atoms with Crippen molar-refractivity contribution in [2.24, 2.45) is 10.7 Å². The van der Waals surface area contributed by atoms with Crippen molar-refractivity contribution in [3.63, 3.8) is 0 Å². The minimum atomic E-state index is -2.78. The summed E-state index contributed by atoms with van der Waals surface area (Å²) in [5.74, 6) is -1.55. The summed E-state index contributed by atoms with van der Waals surface area (Å²) in [6.07, 6.45) is -0.934. The highest BCUT2D eigenvalue weighted by Crippen LogP contribution is 2.36. The predicted molar refractivity (Wildman–Crippen MR) is 104 cm³/mol. The lowest BCUT2D eigenvalue weighted by Gasteiger charge is -2.32. The van der Waals surface area contributed by atoms with E-state index < -0.39 is 23.6 Å². The van der Waals surface area contributed by atoms with Gasteiger partial charge in [0.2, 0.25) is 0 Å². The number of nitrogens with two attached hydrogens (primary N) is 1. The Labute approximate surface area is 174 Å². The summed E-state index contributed by atoms with van der Waals surface area (Å²) < 4.78 is 55.7. The van der Waals surface area contributed by atoms with Crippen molar-refractivity contribution in [3.05, 3.63) is 82.7 Å². The van der Waals surface area contributed by atoms with Crippen LogP contribution in [-0.2, 0) is 18.5 Å². The molecule has 2 N–H and O–H groups in total. The maximum absolute atomic E-state index is 14.8. The monoisotopic (exact) mass is 431 g/mol. The van der Waals surface area contributed by atoms with Crippen LogP contribution in [0.25, 0.3) is 0 Å². The second-order valence-corrected chi connectivity index (χ2v) is 7.44. The highest BCUT2D eigenvalue weighted by atomic mass is 19.3. The number of carbonyl (C=O) groups is 1. The van der Waals surface area contributed by atoms with Gasteiger partial charge in [0, 0.05) is 12.0 Å². The number of fused-ring (bicyclic) bond motifs is 1. The quantitative estimate of drug-likeness (QED) is 0.495. The molecule has 3 heterocycles. The predicted octanol–water partition coefficient (Wildman–Crippen LogP) is 3.55. The van der Waals surface area contributed by atoms with Gasteiger partial charge in [-0.3, -0.25) is 14.8 Å². The van der Waals surface area contributed by atoms with Gasteiger partial charge in [0.05, 0.1) is 18.9 Å². The Morgan fingerprint density at radius 1 is 1.19 bits per heavy atom. The summed E-state index contributed by atoms with van der Waals surface area (Å²) in [6, 6.07) is 6.47. The number of alkyl halides is 2. The molecule has 0 aliphatic carbocycles. The zero-order valence-electron chi connectivity index (χ0n) is 16.3. The minimum absolute atomic E-state index is 0.0723. The molecule has 0 amide bonds. The molecule has 0 saturated heterocycles. The molecule has 0 radical (unpaired) electrons. The van der Waals surface area contributed by atoms with Gasteiger partial charge in [0.1, 0.15) is 28.6 Å². The van der Waals surface area contributed by atoms with Gasteiger partial charge in [0.15, 0.2) is 17.4 Å². The van der Waals surface area contributed by atoms with Crippen molar-refractivity contribution in [2.45, 2.75) is 31.9 Å². The largest absolute Gasteiger partial charge is 0.381 e. The number of hydrogen-bond donors (Lipinski definition) is 1. The number of carbonyl (C=O) groups excluding carboxylic acids is 1. The number of halogens is 4. The van der Waals surface area contributed by atoms with Crippen molar-refractivity contribution >= 4 is 11.6 Å². The summed E-state index contributed by atoms with van der Waals surface area (Å²) in [6.45, 7) is 1.47. The van der Waals surface area contributed by atoms with E-state index in [9.17, 15) is 22.4 Å². The van der Waals surface area contributed by atoms with Crippen LogP contribution < -0.4 is 5.73 Å². The smallest absolute Gasteiger partial charge is 0.280 e. The number of benzene rings is 1. The lowest BCUT2D eigenvalue weighted by atomic mass is 9.88. The molecule has 0 spiro atoms. The number of nitrogens with zero attached hydrogens (tertiary/aromatic N) is 4. The molecule has 1 aromatic carbocycles. The molecular weight excluding hydrogens is 414 g/mol. The maximum atomic E-state index is 14.8. The van der Waals surface area contributed by atoms with Crippen LogP contribution in [0.2, 0.25) is 0 Å². The number of rotatable bonds is 5. The highest BCUT2D eigenvalue weighted by Gasteiger charge is 2.37. The number of ketones is 1. The first-order valence-corrected chi connectivity index (χ1v) is 9.31. The van der Waals surface area contributed by atoms with Crippen LogP contribution in [0.3, 0.4) is 0 Å². The van der Waals surface area contributed by atoms with Crippen LogP contribution in [0.4, 0.5) is 17.6 Å². The zero-order valence-corrected chi connectivity index (χ0v) is 16.3. The second-order valence-electron chi connectivity index (χ2n) is 7.44. The van der Waals surface area contributed by atoms with Crippen molar-refractivity contribution in [2.75, 3.05) is 0 Å². The maximum Gasteiger partial charge on any atom is 0.280 e. The first-order valence-electron chi connectivity index (χ1n) is 9.31. The molecule has 1 unspecified atom stereocenters. The third-order valence-corrected chi connectivity index (χ3v) is 5.16. The molecular formula is C21H17F4N5O. The Morgan fingerprint density at radius 2 is 1.97 bits per heavy atom. The molecule has 1 aliphatic rings. The fourth-order valence-electron chi connectivity index (χ4n) is 3.65. The number of Topliss-reactive ketones (excluding diaryl/α,β-unsaturated/α-hetero) is 1. The molecule has 4 rings (SSSR count). The van der Waals surface area contributed by atoms with Gasteiger partial charge in [-0.15, -0.1) is 0 Å². The van der Waals surface area contributed by atoms with E-state index in [2.05, 4.69) is 15.0 Å². The summed E-state index contributed by atoms with van der Waals surface area (Å²) in [4.78, 5) is 24.4. The molecule has 3 aromatic rings. The first-order chi connectivity index (χ1) is 14.7. The van der Waals surface area contributed by atoms with Crippen molar-refractivity contribution < 1.29 is 22.4 Å². The van der Waals surface area contributed by atoms with E-state index in [1.807, 2.05) is 0 Å². The average Bonchev–Trinajstić information content (AvgIpc) is 3.14. The van der Waals surface area contributed by atoms with Gasteiger partial charge in [-0.2, -0.15) is 0 Å². The van der Waals surface area contributed by atoms with Crippen LogP contribution in [0.15, 0.2) is 47.7 Å². The fraction of sp³-hybridized carbons (Fsp3) is 0.238. The van der Waals surface area contributed by atoms with Crippen molar-refractivity contribution in [1.29, 1.82) is 0 Å². The number of hydrogen-bond acceptors (Lipinski definition) is 5. The van der Waals surface area contributed by atoms with E-state index in [1.165, 1.54) is 28.8 Å². The molecule has 1 aliphatic heterocycles. The van der Waals surface area contributed by atoms with Crippen LogP contribution in [0, 0.1) is 11.6 Å². The van der Waals surface area contributed by atoms with Gasteiger partial charge in [-0.05, 0) is 36.8 Å². The molecule has 31 heavy (non-hydrogen) atoms. The Balaban J connectivity index is 1.68. The van der Waals surface area contributed by atoms with Gasteiger partial charge in [-0.25, -0.2) is 22.5 Å². The molecule has 10 heteroatoms. The standard InChI is InChI=1S/C21H17F4N5O/c1-21(10-30-16(18(24)25)9-28-20(30)19(26)29-21)13-6-11(2-4-14(13)23)7-17(31)15-5-3-12(22)8-27-15/h2-6,8-9,18H,7,10H2,1H3,(H2,26,29). The number of aliphatic imine (C=N–C) groups is 1. The summed E-state index contributed by atoms with van der Waals surface area (Å²) in [7, 11) is 0. The molecule has 6 nitrogen and oxygen atoms in total. The van der Waals surface area contributed by atoms with Gasteiger partial charge in [0.25, 0.3) is 6.43 Å². The molecule has 1 atom stereocenters. The first kappa shape index (κ1) is 20.7. The van der Waals surface area contributed by atoms with Crippen LogP contribution in [-0.4, -0.2) is 26.2 Å². The number of aromatic nitrogens is 3. The van der Waals surface area contributed by atoms with Gasteiger partial charge < -0.3 is 10.3 Å². The highest BCUT2D eigenvalue weighted by molar-refractivity contribution is 5.96. The molecule has 2 aromatic heterocycles. The molecule has 160 valence electrons. The topological polar surface area (TPSA) is 86.2 Å². The lowest BCUT2D eigenvalue weighted by Crippen LogP contribution is -2.38. The third kappa shape index (κ3) is 3.80. The summed E-state index contributed by atoms with van der Waals surface area (Å²) >= 11 is 0. The molecule has 0 saturated carbocycles. The van der Waals surface area contributed by atoms with Crippen LogP contribution >= 0.6 is 0 Å². The Morgan fingerprint density at radius 3 is 2.65 bits per heavy atom. The number of pyridine rings is 1. The van der Waals surface area contributed by atoms with Crippen LogP contribution in [0.1, 0.15) is 46.5 Å². The van der Waals surface area contributed by atoms with E-state index in [4.69, 9.17) is 5.73 Å². The second kappa shape index (κ2) is 7.60. The summed E-state index contributed by atoms with van der Waals surface area (Å²) in [5, 5.41) is 0. The van der Waals surface area contributed by atoms with Gasteiger partial charge in [-0.1, -0.05) is 6.07 Å². The lowest BCUT2D eigenvalue weighted by molar-refractivity contribution is 0.0988. The average molecular weight is 431 g/mol. The molecule has 0 fully saturated rings. The summed E-state index contributed by atoms with van der Waals surface area (Å²) in [5.41, 5.74) is 4.95. The van der Waals surface area contributed by atoms with Crippen molar-refractivity contribution in [1.82, 2.24) is 14.5 Å². The number of imidazole rings is 1. The van der Waals surface area contributed by atoms with E-state index in [0.29, 0.717) is 5.56 Å². The van der Waals surface area contributed by atoms with Crippen molar-refractivity contribution in [3.8, 4) is 0 Å². The van der Waals surface area contributed by atoms with E-state index in [0.717, 1.165) is 18.5 Å².